The van der Waals surface area contributed by atoms with E-state index in [1.54, 1.807) is 0 Å². The van der Waals surface area contributed by atoms with Crippen LogP contribution in [-0.4, -0.2) is 30.6 Å². The van der Waals surface area contributed by atoms with Crippen LogP contribution in [0.25, 0.3) is 0 Å². The highest BCUT2D eigenvalue weighted by Crippen LogP contribution is 2.13. The second-order valence-electron chi connectivity index (χ2n) is 3.16. The molecule has 0 aromatic rings. The number of hydrogen-bond acceptors (Lipinski definition) is 3. The molecule has 1 unspecified atom stereocenters. The normalized spacial score (nSPS) is 22.9. The van der Waals surface area contributed by atoms with E-state index >= 15 is 0 Å². The van der Waals surface area contributed by atoms with Gasteiger partial charge in [-0.15, -0.1) is 0 Å². The topological polar surface area (TPSA) is 55.8 Å². The number of carbonyl (C=O) groups is 1. The highest BCUT2D eigenvalue weighted by molar-refractivity contribution is 5.66. The first-order valence-electron chi connectivity index (χ1n) is 4.74. The average molecular weight is 188 g/mol. The molecule has 0 bridgehead atoms. The van der Waals surface area contributed by atoms with Crippen molar-refractivity contribution in [2.75, 3.05) is 13.2 Å². The van der Waals surface area contributed by atoms with Crippen molar-refractivity contribution in [2.45, 2.75) is 38.4 Å². The molecule has 1 rings (SSSR count). The summed E-state index contributed by atoms with van der Waals surface area (Å²) in [6.07, 6.45) is 3.83. The third kappa shape index (κ3) is 4.85. The largest absolute Gasteiger partial charge is 0.481 e. The fraction of sp³-hybridized carbons (Fsp3) is 0.889. The van der Waals surface area contributed by atoms with E-state index in [0.717, 1.165) is 25.9 Å². The van der Waals surface area contributed by atoms with Crippen molar-refractivity contribution in [3.8, 4) is 0 Å². The summed E-state index contributed by atoms with van der Waals surface area (Å²) in [4.78, 5) is 10.2. The smallest absolute Gasteiger partial charge is 0.303 e. The monoisotopic (exact) mass is 188 g/mol. The summed E-state index contributed by atoms with van der Waals surface area (Å²) in [7, 11) is 0. The maximum Gasteiger partial charge on any atom is 0.303 e. The molecule has 1 saturated heterocycles. The Morgan fingerprint density at radius 2 is 2.38 bits per heavy atom. The van der Waals surface area contributed by atoms with Gasteiger partial charge in [0.25, 0.3) is 0 Å². The summed E-state index contributed by atoms with van der Waals surface area (Å²) >= 11 is 0. The molecule has 0 amide bonds. The zero-order valence-corrected chi connectivity index (χ0v) is 7.70. The van der Waals surface area contributed by atoms with E-state index in [-0.39, 0.29) is 12.7 Å². The number of ether oxygens (including phenoxy) is 2. The molecule has 1 aliphatic rings. The minimum absolute atomic E-state index is 0.0949. The van der Waals surface area contributed by atoms with Gasteiger partial charge in [0, 0.05) is 13.0 Å². The predicted molar refractivity (Wildman–Crippen MR) is 46.4 cm³/mol. The van der Waals surface area contributed by atoms with E-state index in [9.17, 15) is 4.79 Å². The van der Waals surface area contributed by atoms with Crippen LogP contribution < -0.4 is 0 Å². The number of rotatable bonds is 5. The summed E-state index contributed by atoms with van der Waals surface area (Å²) in [5, 5.41) is 8.36. The zero-order valence-electron chi connectivity index (χ0n) is 7.70. The van der Waals surface area contributed by atoms with Crippen LogP contribution in [0.2, 0.25) is 0 Å². The SMILES string of the molecule is O=C(O)CCCOC1CCCCO1. The highest BCUT2D eigenvalue weighted by Gasteiger charge is 2.13. The van der Waals surface area contributed by atoms with Crippen molar-refractivity contribution in [1.29, 1.82) is 0 Å². The Morgan fingerprint density at radius 3 is 3.00 bits per heavy atom. The van der Waals surface area contributed by atoms with Gasteiger partial charge < -0.3 is 14.6 Å². The highest BCUT2D eigenvalue weighted by atomic mass is 16.7. The lowest BCUT2D eigenvalue weighted by atomic mass is 10.2. The van der Waals surface area contributed by atoms with E-state index in [4.69, 9.17) is 14.6 Å². The van der Waals surface area contributed by atoms with Crippen LogP contribution in [0.3, 0.4) is 0 Å². The number of carboxylic acid groups (broad SMARTS) is 1. The van der Waals surface area contributed by atoms with Crippen LogP contribution in [0.1, 0.15) is 32.1 Å². The van der Waals surface area contributed by atoms with Gasteiger partial charge in [0.15, 0.2) is 6.29 Å². The van der Waals surface area contributed by atoms with Gasteiger partial charge in [0.05, 0.1) is 6.61 Å². The molecule has 1 N–H and O–H groups in total. The molecular weight excluding hydrogens is 172 g/mol. The van der Waals surface area contributed by atoms with Gasteiger partial charge in [-0.3, -0.25) is 4.79 Å². The van der Waals surface area contributed by atoms with Crippen LogP contribution in [0, 0.1) is 0 Å². The second-order valence-corrected chi connectivity index (χ2v) is 3.16. The van der Waals surface area contributed by atoms with Gasteiger partial charge >= 0.3 is 5.97 Å². The van der Waals surface area contributed by atoms with Crippen LogP contribution in [-0.2, 0) is 14.3 Å². The first kappa shape index (κ1) is 10.5. The molecule has 0 spiro atoms. The van der Waals surface area contributed by atoms with Crippen LogP contribution in [0.5, 0.6) is 0 Å². The lowest BCUT2D eigenvalue weighted by molar-refractivity contribution is -0.164. The summed E-state index contributed by atoms with van der Waals surface area (Å²) < 4.78 is 10.7. The molecule has 1 fully saturated rings. The van der Waals surface area contributed by atoms with Crippen molar-refractivity contribution in [1.82, 2.24) is 0 Å². The first-order valence-corrected chi connectivity index (χ1v) is 4.74. The van der Waals surface area contributed by atoms with Crippen molar-refractivity contribution in [2.24, 2.45) is 0 Å². The van der Waals surface area contributed by atoms with E-state index in [1.165, 1.54) is 0 Å². The van der Waals surface area contributed by atoms with Gasteiger partial charge in [-0.2, -0.15) is 0 Å². The molecular formula is C9H16O4. The second kappa shape index (κ2) is 5.94. The number of hydrogen-bond donors (Lipinski definition) is 1. The van der Waals surface area contributed by atoms with Gasteiger partial charge in [0.2, 0.25) is 0 Å². The molecule has 76 valence electrons. The Labute approximate surface area is 77.8 Å². The molecule has 0 aromatic heterocycles. The Morgan fingerprint density at radius 1 is 1.54 bits per heavy atom. The molecule has 0 aliphatic carbocycles. The van der Waals surface area contributed by atoms with Crippen molar-refractivity contribution in [3.05, 3.63) is 0 Å². The van der Waals surface area contributed by atoms with Crippen molar-refractivity contribution >= 4 is 5.97 Å². The number of aliphatic carboxylic acids is 1. The maximum atomic E-state index is 10.2. The lowest BCUT2D eigenvalue weighted by Crippen LogP contribution is -2.22. The molecule has 1 heterocycles. The molecule has 1 atom stereocenters. The Balaban J connectivity index is 1.95. The quantitative estimate of drug-likeness (QED) is 0.662. The van der Waals surface area contributed by atoms with E-state index in [2.05, 4.69) is 0 Å². The predicted octanol–water partition coefficient (Wildman–Crippen LogP) is 1.39. The Hall–Kier alpha value is -0.610. The minimum Gasteiger partial charge on any atom is -0.481 e. The van der Waals surface area contributed by atoms with Gasteiger partial charge in [-0.05, 0) is 25.7 Å². The van der Waals surface area contributed by atoms with E-state index in [1.807, 2.05) is 0 Å². The van der Waals surface area contributed by atoms with Crippen LogP contribution in [0.15, 0.2) is 0 Å². The molecule has 0 aromatic carbocycles. The average Bonchev–Trinajstić information content (AvgIpc) is 2.14. The van der Waals surface area contributed by atoms with Gasteiger partial charge in [0.1, 0.15) is 0 Å². The summed E-state index contributed by atoms with van der Waals surface area (Å²) in [6, 6.07) is 0. The minimum atomic E-state index is -0.770. The Kier molecular flexibility index (Phi) is 4.78. The molecule has 4 heteroatoms. The fourth-order valence-corrected chi connectivity index (χ4v) is 1.28. The molecule has 0 saturated carbocycles. The van der Waals surface area contributed by atoms with Crippen molar-refractivity contribution in [3.63, 3.8) is 0 Å². The molecule has 4 nitrogen and oxygen atoms in total. The number of carboxylic acids is 1. The van der Waals surface area contributed by atoms with Gasteiger partial charge in [-0.25, -0.2) is 0 Å². The van der Waals surface area contributed by atoms with Crippen LogP contribution >= 0.6 is 0 Å². The standard InChI is InChI=1S/C9H16O4/c10-8(11)4-3-7-13-9-5-1-2-6-12-9/h9H,1-7H2,(H,10,11). The molecule has 0 radical (unpaired) electrons. The lowest BCUT2D eigenvalue weighted by Gasteiger charge is -2.22. The molecule has 1 aliphatic heterocycles. The van der Waals surface area contributed by atoms with E-state index in [0.29, 0.717) is 13.0 Å². The Bertz CT molecular complexity index is 152. The zero-order chi connectivity index (χ0) is 9.52. The first-order chi connectivity index (χ1) is 6.29. The van der Waals surface area contributed by atoms with Crippen molar-refractivity contribution < 1.29 is 19.4 Å². The third-order valence-corrected chi connectivity index (χ3v) is 1.98. The van der Waals surface area contributed by atoms with Gasteiger partial charge in [-0.1, -0.05) is 0 Å². The summed E-state index contributed by atoms with van der Waals surface area (Å²) in [5.41, 5.74) is 0. The maximum absolute atomic E-state index is 10.2. The fourth-order valence-electron chi connectivity index (χ4n) is 1.28. The van der Waals surface area contributed by atoms with Crippen LogP contribution in [0.4, 0.5) is 0 Å². The third-order valence-electron chi connectivity index (χ3n) is 1.98. The molecule has 13 heavy (non-hydrogen) atoms. The summed E-state index contributed by atoms with van der Waals surface area (Å²) in [6.45, 7) is 1.25. The summed E-state index contributed by atoms with van der Waals surface area (Å²) in [5.74, 6) is -0.770. The van der Waals surface area contributed by atoms with E-state index < -0.39 is 5.97 Å².